The summed E-state index contributed by atoms with van der Waals surface area (Å²) in [6.07, 6.45) is 2.93. The van der Waals surface area contributed by atoms with E-state index in [4.69, 9.17) is 11.6 Å². The van der Waals surface area contributed by atoms with Gasteiger partial charge in [-0.25, -0.2) is 0 Å². The van der Waals surface area contributed by atoms with E-state index in [1.54, 1.807) is 0 Å². The number of aliphatic hydroxyl groups excluding tert-OH is 1. The molecule has 0 aromatic heterocycles. The molecule has 3 unspecified atom stereocenters. The summed E-state index contributed by atoms with van der Waals surface area (Å²) in [5, 5.41) is 14.4. The Morgan fingerprint density at radius 1 is 1.47 bits per heavy atom. The molecule has 0 bridgehead atoms. The fourth-order valence-electron chi connectivity index (χ4n) is 2.58. The van der Waals surface area contributed by atoms with Gasteiger partial charge >= 0.3 is 0 Å². The topological polar surface area (TPSA) is 32.3 Å². The molecule has 1 aromatic rings. The summed E-state index contributed by atoms with van der Waals surface area (Å²) in [4.78, 5) is 0. The van der Waals surface area contributed by atoms with Crippen LogP contribution in [0, 0.1) is 5.92 Å². The Kier molecular flexibility index (Phi) is 4.43. The molecule has 2 rings (SSSR count). The Hall–Kier alpha value is -0.570. The zero-order valence-electron chi connectivity index (χ0n) is 10.2. The van der Waals surface area contributed by atoms with Crippen LogP contribution in [0.1, 0.15) is 37.9 Å². The minimum Gasteiger partial charge on any atom is -0.387 e. The van der Waals surface area contributed by atoms with E-state index in [2.05, 4.69) is 12.2 Å². The number of rotatable bonds is 3. The zero-order valence-corrected chi connectivity index (χ0v) is 11.0. The molecular formula is C14H20ClNO. The van der Waals surface area contributed by atoms with Crippen molar-refractivity contribution in [2.45, 2.75) is 38.3 Å². The fraction of sp³-hybridized carbons (Fsp3) is 0.571. The summed E-state index contributed by atoms with van der Waals surface area (Å²) in [6.45, 7) is 3.21. The highest BCUT2D eigenvalue weighted by molar-refractivity contribution is 6.31. The Labute approximate surface area is 108 Å². The maximum atomic E-state index is 10.4. The van der Waals surface area contributed by atoms with Gasteiger partial charge in [-0.3, -0.25) is 0 Å². The molecule has 2 N–H and O–H groups in total. The van der Waals surface area contributed by atoms with Gasteiger partial charge in [-0.1, -0.05) is 43.1 Å². The van der Waals surface area contributed by atoms with Gasteiger partial charge in [0.25, 0.3) is 0 Å². The van der Waals surface area contributed by atoms with Gasteiger partial charge in [-0.2, -0.15) is 0 Å². The standard InChI is InChI=1S/C14H20ClNO/c1-2-10-7-8-16-13(9-10)14(17)11-5-3-4-6-12(11)15/h3-6,10,13-14,16-17H,2,7-9H2,1H3. The smallest absolute Gasteiger partial charge is 0.0957 e. The third-order valence-electron chi connectivity index (χ3n) is 3.73. The van der Waals surface area contributed by atoms with Gasteiger partial charge in [-0.05, 0) is 31.4 Å². The first kappa shape index (κ1) is 12.9. The molecule has 0 radical (unpaired) electrons. The number of benzene rings is 1. The molecule has 94 valence electrons. The number of piperidine rings is 1. The zero-order chi connectivity index (χ0) is 12.3. The summed E-state index contributed by atoms with van der Waals surface area (Å²) in [6, 6.07) is 7.69. The Bertz CT molecular complexity index is 369. The second-order valence-corrected chi connectivity index (χ2v) is 5.23. The average molecular weight is 254 g/mol. The van der Waals surface area contributed by atoms with E-state index < -0.39 is 6.10 Å². The van der Waals surface area contributed by atoms with Gasteiger partial charge < -0.3 is 10.4 Å². The molecule has 0 aliphatic carbocycles. The molecule has 1 fully saturated rings. The molecule has 0 saturated carbocycles. The maximum Gasteiger partial charge on any atom is 0.0957 e. The van der Waals surface area contributed by atoms with Crippen LogP contribution in [0.15, 0.2) is 24.3 Å². The van der Waals surface area contributed by atoms with E-state index >= 15 is 0 Å². The van der Waals surface area contributed by atoms with E-state index in [9.17, 15) is 5.11 Å². The molecule has 1 aliphatic heterocycles. The van der Waals surface area contributed by atoms with Crippen molar-refractivity contribution in [1.82, 2.24) is 5.32 Å². The predicted molar refractivity (Wildman–Crippen MR) is 71.2 cm³/mol. The lowest BCUT2D eigenvalue weighted by molar-refractivity contribution is 0.0979. The molecule has 2 nitrogen and oxygen atoms in total. The van der Waals surface area contributed by atoms with Gasteiger partial charge in [0.05, 0.1) is 6.10 Å². The molecule has 3 heteroatoms. The first-order valence-corrected chi connectivity index (χ1v) is 6.76. The average Bonchev–Trinajstić information content (AvgIpc) is 2.38. The van der Waals surface area contributed by atoms with Crippen LogP contribution in [0.2, 0.25) is 5.02 Å². The Balaban J connectivity index is 2.09. The van der Waals surface area contributed by atoms with Gasteiger partial charge in [0.1, 0.15) is 0 Å². The lowest BCUT2D eigenvalue weighted by atomic mass is 9.86. The number of aliphatic hydroxyl groups is 1. The van der Waals surface area contributed by atoms with Gasteiger partial charge in [0.15, 0.2) is 0 Å². The number of halogens is 1. The molecule has 1 saturated heterocycles. The highest BCUT2D eigenvalue weighted by Gasteiger charge is 2.27. The van der Waals surface area contributed by atoms with Crippen LogP contribution in [0.25, 0.3) is 0 Å². The summed E-state index contributed by atoms with van der Waals surface area (Å²) < 4.78 is 0. The van der Waals surface area contributed by atoms with Crippen molar-refractivity contribution in [3.8, 4) is 0 Å². The van der Waals surface area contributed by atoms with Crippen LogP contribution >= 0.6 is 11.6 Å². The molecule has 1 aromatic carbocycles. The second-order valence-electron chi connectivity index (χ2n) is 4.83. The molecule has 1 aliphatic rings. The SMILES string of the molecule is CCC1CCNC(C(O)c2ccccc2Cl)C1. The van der Waals surface area contributed by atoms with Gasteiger partial charge in [0, 0.05) is 16.6 Å². The predicted octanol–water partition coefficient (Wildman–Crippen LogP) is 3.15. The fourth-order valence-corrected chi connectivity index (χ4v) is 2.82. The van der Waals surface area contributed by atoms with Crippen molar-refractivity contribution >= 4 is 11.6 Å². The summed E-state index contributed by atoms with van der Waals surface area (Å²) in [5.41, 5.74) is 0.836. The highest BCUT2D eigenvalue weighted by atomic mass is 35.5. The van der Waals surface area contributed by atoms with Crippen molar-refractivity contribution in [1.29, 1.82) is 0 Å². The first-order chi connectivity index (χ1) is 8.22. The molecule has 1 heterocycles. The summed E-state index contributed by atoms with van der Waals surface area (Å²) in [7, 11) is 0. The highest BCUT2D eigenvalue weighted by Crippen LogP contribution is 2.30. The number of hydrogen-bond donors (Lipinski definition) is 2. The first-order valence-electron chi connectivity index (χ1n) is 6.38. The molecular weight excluding hydrogens is 234 g/mol. The second kappa shape index (κ2) is 5.85. The van der Waals surface area contributed by atoms with Crippen LogP contribution < -0.4 is 5.32 Å². The summed E-state index contributed by atoms with van der Waals surface area (Å²) in [5.74, 6) is 0.721. The van der Waals surface area contributed by atoms with Crippen molar-refractivity contribution in [3.05, 3.63) is 34.9 Å². The minimum absolute atomic E-state index is 0.133. The minimum atomic E-state index is -0.502. The molecule has 0 amide bonds. The number of nitrogens with one attached hydrogen (secondary N) is 1. The van der Waals surface area contributed by atoms with Gasteiger partial charge in [0.2, 0.25) is 0 Å². The lowest BCUT2D eigenvalue weighted by Gasteiger charge is -2.33. The van der Waals surface area contributed by atoms with Crippen molar-refractivity contribution in [2.24, 2.45) is 5.92 Å². The largest absolute Gasteiger partial charge is 0.387 e. The van der Waals surface area contributed by atoms with E-state index in [1.165, 1.54) is 12.8 Å². The van der Waals surface area contributed by atoms with E-state index in [1.807, 2.05) is 24.3 Å². The lowest BCUT2D eigenvalue weighted by Crippen LogP contribution is -2.42. The van der Waals surface area contributed by atoms with Crippen LogP contribution in [0.5, 0.6) is 0 Å². The molecule has 17 heavy (non-hydrogen) atoms. The monoisotopic (exact) mass is 253 g/mol. The third kappa shape index (κ3) is 3.01. The molecule has 3 atom stereocenters. The van der Waals surface area contributed by atoms with E-state index in [0.717, 1.165) is 24.4 Å². The van der Waals surface area contributed by atoms with Crippen molar-refractivity contribution in [2.75, 3.05) is 6.54 Å². The quantitative estimate of drug-likeness (QED) is 0.867. The van der Waals surface area contributed by atoms with Crippen LogP contribution in [-0.4, -0.2) is 17.7 Å². The molecule has 0 spiro atoms. The normalized spacial score (nSPS) is 26.8. The van der Waals surface area contributed by atoms with Gasteiger partial charge in [-0.15, -0.1) is 0 Å². The maximum absolute atomic E-state index is 10.4. The van der Waals surface area contributed by atoms with Crippen LogP contribution in [-0.2, 0) is 0 Å². The van der Waals surface area contributed by atoms with Crippen molar-refractivity contribution in [3.63, 3.8) is 0 Å². The number of hydrogen-bond acceptors (Lipinski definition) is 2. The van der Waals surface area contributed by atoms with E-state index in [-0.39, 0.29) is 6.04 Å². The summed E-state index contributed by atoms with van der Waals surface area (Å²) >= 11 is 6.12. The third-order valence-corrected chi connectivity index (χ3v) is 4.07. The van der Waals surface area contributed by atoms with Crippen LogP contribution in [0.4, 0.5) is 0 Å². The Morgan fingerprint density at radius 2 is 2.24 bits per heavy atom. The van der Waals surface area contributed by atoms with Crippen LogP contribution in [0.3, 0.4) is 0 Å². The van der Waals surface area contributed by atoms with Crippen molar-refractivity contribution < 1.29 is 5.11 Å². The van der Waals surface area contributed by atoms with E-state index in [0.29, 0.717) is 5.02 Å². The Morgan fingerprint density at radius 3 is 2.94 bits per heavy atom.